The Morgan fingerprint density at radius 2 is 2.20 bits per heavy atom. The maximum atomic E-state index is 5.89. The van der Waals surface area contributed by atoms with Crippen molar-refractivity contribution in [2.75, 3.05) is 19.3 Å². The number of fused-ring (bicyclic) bond motifs is 1. The monoisotopic (exact) mass is 287 g/mol. The summed E-state index contributed by atoms with van der Waals surface area (Å²) >= 11 is 1.79. The average molecular weight is 287 g/mol. The van der Waals surface area contributed by atoms with Crippen molar-refractivity contribution in [1.29, 1.82) is 0 Å². The van der Waals surface area contributed by atoms with E-state index in [1.165, 1.54) is 4.88 Å². The summed E-state index contributed by atoms with van der Waals surface area (Å²) in [6.07, 6.45) is 1.05. The highest BCUT2D eigenvalue weighted by atomic mass is 32.1. The van der Waals surface area contributed by atoms with Crippen LogP contribution in [-0.2, 0) is 13.0 Å². The number of aromatic nitrogens is 1. The van der Waals surface area contributed by atoms with E-state index in [0.717, 1.165) is 24.1 Å². The molecule has 104 valence electrons. The van der Waals surface area contributed by atoms with E-state index in [2.05, 4.69) is 34.4 Å². The van der Waals surface area contributed by atoms with Crippen molar-refractivity contribution in [3.05, 3.63) is 46.5 Å². The molecule has 5 heteroatoms. The van der Waals surface area contributed by atoms with Gasteiger partial charge in [0.15, 0.2) is 5.58 Å². The maximum absolute atomic E-state index is 5.89. The Bertz CT molecular complexity index is 690. The van der Waals surface area contributed by atoms with Crippen molar-refractivity contribution in [2.45, 2.75) is 13.0 Å². The van der Waals surface area contributed by atoms with Gasteiger partial charge in [0.2, 0.25) is 5.89 Å². The molecule has 0 aliphatic rings. The van der Waals surface area contributed by atoms with Crippen LogP contribution in [-0.4, -0.2) is 23.5 Å². The Labute approximate surface area is 121 Å². The van der Waals surface area contributed by atoms with Gasteiger partial charge in [0.1, 0.15) is 5.52 Å². The van der Waals surface area contributed by atoms with Gasteiger partial charge in [-0.3, -0.25) is 4.90 Å². The second kappa shape index (κ2) is 5.64. The third-order valence-corrected chi connectivity index (χ3v) is 4.16. The molecule has 3 aromatic rings. The molecule has 0 bridgehead atoms. The molecule has 0 fully saturated rings. The first-order valence-electron chi connectivity index (χ1n) is 6.57. The number of likely N-dealkylation sites (N-methyl/N-ethyl adjacent to an activating group) is 1. The molecule has 0 radical (unpaired) electrons. The summed E-state index contributed by atoms with van der Waals surface area (Å²) in [6, 6.07) is 9.87. The van der Waals surface area contributed by atoms with Crippen molar-refractivity contribution in [2.24, 2.45) is 0 Å². The minimum absolute atomic E-state index is 0.665. The lowest BCUT2D eigenvalue weighted by Crippen LogP contribution is -2.20. The summed E-state index contributed by atoms with van der Waals surface area (Å²) in [5, 5.41) is 2.11. The van der Waals surface area contributed by atoms with Crippen LogP contribution in [0.3, 0.4) is 0 Å². The second-order valence-corrected chi connectivity index (χ2v) is 5.90. The molecule has 2 heterocycles. The van der Waals surface area contributed by atoms with Crippen molar-refractivity contribution >= 4 is 28.1 Å². The van der Waals surface area contributed by atoms with E-state index in [1.54, 1.807) is 11.3 Å². The molecule has 0 amide bonds. The van der Waals surface area contributed by atoms with Crippen LogP contribution in [0, 0.1) is 0 Å². The second-order valence-electron chi connectivity index (χ2n) is 4.87. The highest BCUT2D eigenvalue weighted by Crippen LogP contribution is 2.21. The summed E-state index contributed by atoms with van der Waals surface area (Å²) in [5.74, 6) is 0.714. The maximum Gasteiger partial charge on any atom is 0.209 e. The van der Waals surface area contributed by atoms with Gasteiger partial charge in [-0.1, -0.05) is 12.1 Å². The predicted molar refractivity (Wildman–Crippen MR) is 82.8 cm³/mol. The number of nitrogen functional groups attached to an aromatic ring is 1. The summed E-state index contributed by atoms with van der Waals surface area (Å²) < 4.78 is 5.73. The van der Waals surface area contributed by atoms with Crippen LogP contribution in [0.15, 0.2) is 40.1 Å². The summed E-state index contributed by atoms with van der Waals surface area (Å²) in [4.78, 5) is 8.08. The van der Waals surface area contributed by atoms with E-state index in [4.69, 9.17) is 10.2 Å². The van der Waals surface area contributed by atoms with Crippen LogP contribution in [0.2, 0.25) is 0 Å². The standard InChI is InChI=1S/C15H17N3OS/c1-18(8-7-11-4-3-9-20-11)10-14-17-15-12(16)5-2-6-13(15)19-14/h2-6,9H,7-8,10,16H2,1H3. The van der Waals surface area contributed by atoms with Crippen LogP contribution in [0.4, 0.5) is 5.69 Å². The number of anilines is 1. The Hall–Kier alpha value is -1.85. The van der Waals surface area contributed by atoms with Crippen LogP contribution < -0.4 is 5.73 Å². The van der Waals surface area contributed by atoms with Gasteiger partial charge in [0.25, 0.3) is 0 Å². The molecular weight excluding hydrogens is 270 g/mol. The Kier molecular flexibility index (Phi) is 3.71. The van der Waals surface area contributed by atoms with Crippen LogP contribution >= 0.6 is 11.3 Å². The number of hydrogen-bond donors (Lipinski definition) is 1. The third-order valence-electron chi connectivity index (χ3n) is 3.22. The zero-order valence-corrected chi connectivity index (χ0v) is 12.2. The SMILES string of the molecule is CN(CCc1cccs1)Cc1nc2c(N)cccc2o1. The number of oxazole rings is 1. The summed E-state index contributed by atoms with van der Waals surface area (Å²) in [7, 11) is 2.08. The normalized spacial score (nSPS) is 11.5. The van der Waals surface area contributed by atoms with Crippen molar-refractivity contribution in [1.82, 2.24) is 9.88 Å². The van der Waals surface area contributed by atoms with E-state index in [9.17, 15) is 0 Å². The Morgan fingerprint density at radius 3 is 2.95 bits per heavy atom. The molecule has 2 aromatic heterocycles. The molecule has 0 saturated heterocycles. The molecule has 3 rings (SSSR count). The minimum atomic E-state index is 0.665. The van der Waals surface area contributed by atoms with Crippen LogP contribution in [0.25, 0.3) is 11.1 Å². The molecule has 4 nitrogen and oxygen atoms in total. The van der Waals surface area contributed by atoms with Gasteiger partial charge < -0.3 is 10.2 Å². The van der Waals surface area contributed by atoms with Gasteiger partial charge >= 0.3 is 0 Å². The minimum Gasteiger partial charge on any atom is -0.439 e. The molecule has 0 spiro atoms. The number of benzene rings is 1. The predicted octanol–water partition coefficient (Wildman–Crippen LogP) is 3.15. The molecule has 0 aliphatic heterocycles. The lowest BCUT2D eigenvalue weighted by molar-refractivity contribution is 0.296. The summed E-state index contributed by atoms with van der Waals surface area (Å²) in [6.45, 7) is 1.67. The molecular formula is C15H17N3OS. The fourth-order valence-corrected chi connectivity index (χ4v) is 2.85. The molecule has 20 heavy (non-hydrogen) atoms. The number of para-hydroxylation sites is 1. The number of rotatable bonds is 5. The van der Waals surface area contributed by atoms with Crippen molar-refractivity contribution in [3.8, 4) is 0 Å². The van der Waals surface area contributed by atoms with Crippen molar-refractivity contribution in [3.63, 3.8) is 0 Å². The average Bonchev–Trinajstić information content (AvgIpc) is 3.05. The van der Waals surface area contributed by atoms with E-state index in [1.807, 2.05) is 18.2 Å². The molecule has 1 aromatic carbocycles. The third kappa shape index (κ3) is 2.84. The summed E-state index contributed by atoms with van der Waals surface area (Å²) in [5.41, 5.74) is 8.07. The zero-order chi connectivity index (χ0) is 13.9. The van der Waals surface area contributed by atoms with Gasteiger partial charge in [0, 0.05) is 11.4 Å². The smallest absolute Gasteiger partial charge is 0.209 e. The molecule has 0 aliphatic carbocycles. The highest BCUT2D eigenvalue weighted by molar-refractivity contribution is 7.09. The topological polar surface area (TPSA) is 55.3 Å². The Morgan fingerprint density at radius 1 is 1.30 bits per heavy atom. The molecule has 0 atom stereocenters. The number of hydrogen-bond acceptors (Lipinski definition) is 5. The fraction of sp³-hybridized carbons (Fsp3) is 0.267. The first-order valence-corrected chi connectivity index (χ1v) is 7.45. The van der Waals surface area contributed by atoms with Crippen molar-refractivity contribution < 1.29 is 4.42 Å². The number of nitrogens with two attached hydrogens (primary N) is 1. The van der Waals surface area contributed by atoms with E-state index < -0.39 is 0 Å². The number of thiophene rings is 1. The van der Waals surface area contributed by atoms with Gasteiger partial charge in [-0.15, -0.1) is 11.3 Å². The number of nitrogens with zero attached hydrogens (tertiary/aromatic N) is 2. The van der Waals surface area contributed by atoms with Crippen LogP contribution in [0.5, 0.6) is 0 Å². The lowest BCUT2D eigenvalue weighted by Gasteiger charge is -2.13. The molecule has 0 unspecified atom stereocenters. The van der Waals surface area contributed by atoms with Gasteiger partial charge in [-0.2, -0.15) is 0 Å². The first kappa shape index (κ1) is 13.1. The van der Waals surface area contributed by atoms with E-state index >= 15 is 0 Å². The van der Waals surface area contributed by atoms with E-state index in [0.29, 0.717) is 18.1 Å². The lowest BCUT2D eigenvalue weighted by atomic mass is 10.3. The van der Waals surface area contributed by atoms with Gasteiger partial charge in [-0.25, -0.2) is 4.98 Å². The molecule has 2 N–H and O–H groups in total. The first-order chi connectivity index (χ1) is 9.72. The quantitative estimate of drug-likeness (QED) is 0.732. The largest absolute Gasteiger partial charge is 0.439 e. The van der Waals surface area contributed by atoms with Gasteiger partial charge in [0.05, 0.1) is 12.2 Å². The van der Waals surface area contributed by atoms with Crippen LogP contribution in [0.1, 0.15) is 10.8 Å². The highest BCUT2D eigenvalue weighted by Gasteiger charge is 2.10. The van der Waals surface area contributed by atoms with Gasteiger partial charge in [-0.05, 0) is 37.0 Å². The molecule has 0 saturated carbocycles. The fourth-order valence-electron chi connectivity index (χ4n) is 2.15. The van der Waals surface area contributed by atoms with E-state index in [-0.39, 0.29) is 0 Å². The Balaban J connectivity index is 1.65. The zero-order valence-electron chi connectivity index (χ0n) is 11.4.